The van der Waals surface area contributed by atoms with Crippen LogP contribution in [-0.2, 0) is 27.8 Å². The van der Waals surface area contributed by atoms with Gasteiger partial charge in [0.2, 0.25) is 29.0 Å². The van der Waals surface area contributed by atoms with E-state index >= 15 is 0 Å². The van der Waals surface area contributed by atoms with Crippen molar-refractivity contribution < 1.29 is 33.6 Å². The molecule has 3 unspecified atom stereocenters. The molecule has 8 aromatic heterocycles. The summed E-state index contributed by atoms with van der Waals surface area (Å²) in [4.78, 5) is 61.0. The van der Waals surface area contributed by atoms with Gasteiger partial charge in [-0.25, -0.2) is 34.9 Å². The molecule has 2 amide bonds. The number of carbonyl (C=O) groups is 2. The SMILES string of the molecule is CC1CC(O)(c2cc(-c3cccc(-c4ccnc(Nc5cnn(C)c5)n4)n3)no2)C(=O)N1CCOc1ccc(Nc2nccc(-c3cccc(-c4cc(C5(O)CCN(C)C5=O)on4)n3)n2)cn1. The van der Waals surface area contributed by atoms with Crippen LogP contribution in [0.2, 0.25) is 0 Å². The molecule has 0 bridgehead atoms. The van der Waals surface area contributed by atoms with Crippen LogP contribution in [-0.4, -0.2) is 120 Å². The van der Waals surface area contributed by atoms with Crippen molar-refractivity contribution in [3.63, 3.8) is 0 Å². The van der Waals surface area contributed by atoms with E-state index in [0.29, 0.717) is 75.6 Å². The molecule has 0 spiro atoms. The van der Waals surface area contributed by atoms with Crippen LogP contribution in [0.1, 0.15) is 31.3 Å². The molecule has 22 heteroatoms. The summed E-state index contributed by atoms with van der Waals surface area (Å²) < 4.78 is 18.6. The number of nitrogens with zero attached hydrogens (tertiary/aromatic N) is 13. The maximum atomic E-state index is 13.7. The lowest BCUT2D eigenvalue weighted by molar-refractivity contribution is -0.146. The molecule has 338 valence electrons. The van der Waals surface area contributed by atoms with Crippen LogP contribution in [0, 0.1) is 0 Å². The number of likely N-dealkylation sites (tertiary alicyclic amines) is 2. The van der Waals surface area contributed by atoms with E-state index in [2.05, 4.69) is 51.0 Å². The Morgan fingerprint density at radius 1 is 0.701 bits per heavy atom. The molecule has 3 atom stereocenters. The number of likely N-dealkylation sites (N-methyl/N-ethyl adjacent to an activating group) is 1. The standard InChI is InChI=1S/C45H41N15O7/c1-26-22-45(64,38-21-36(57-67-38)32-9-5-7-30(53-32)34-13-16-47-43(55-34)51-28-24-49-59(3)25-28)41(62)60(26)18-19-65-39-11-10-27(23-48-39)50-42-46-15-12-33(54-42)29-6-4-8-31(52-29)35-20-37(66-56-35)44(63)14-17-58(2)40(44)61/h4-13,15-16,20-21,23-26,63-64H,14,17-19,22H2,1-3H3,(H,46,50,54)(H,47,51,55). The first-order chi connectivity index (χ1) is 32.4. The highest BCUT2D eigenvalue weighted by Crippen LogP contribution is 2.39. The molecule has 2 aliphatic rings. The molecule has 10 rings (SSSR count). The average molecular weight is 904 g/mol. The van der Waals surface area contributed by atoms with Gasteiger partial charge in [0.05, 0.1) is 64.5 Å². The zero-order chi connectivity index (χ0) is 46.3. The van der Waals surface area contributed by atoms with Crippen LogP contribution in [0.25, 0.3) is 45.6 Å². The third kappa shape index (κ3) is 8.37. The minimum absolute atomic E-state index is 0.0120. The molecule has 2 aliphatic heterocycles. The van der Waals surface area contributed by atoms with Crippen LogP contribution < -0.4 is 15.4 Å². The lowest BCUT2D eigenvalue weighted by atomic mass is 9.96. The van der Waals surface area contributed by atoms with Gasteiger partial charge in [0.1, 0.15) is 18.0 Å². The Labute approximate surface area is 380 Å². The second kappa shape index (κ2) is 17.1. The fourth-order valence-electron chi connectivity index (χ4n) is 7.95. The number of nitrogens with one attached hydrogen (secondary N) is 2. The molecule has 0 saturated carbocycles. The van der Waals surface area contributed by atoms with Crippen LogP contribution >= 0.6 is 0 Å². The zero-order valence-corrected chi connectivity index (χ0v) is 36.2. The number of pyridine rings is 3. The highest BCUT2D eigenvalue weighted by atomic mass is 16.5. The molecule has 0 radical (unpaired) electrons. The van der Waals surface area contributed by atoms with Crippen LogP contribution in [0.3, 0.4) is 0 Å². The maximum absolute atomic E-state index is 13.7. The predicted molar refractivity (Wildman–Crippen MR) is 237 cm³/mol. The molecule has 4 N–H and O–H groups in total. The number of carbonyl (C=O) groups excluding carboxylic acids is 2. The second-order valence-electron chi connectivity index (χ2n) is 16.1. The number of aryl methyl sites for hydroxylation is 1. The van der Waals surface area contributed by atoms with E-state index < -0.39 is 23.0 Å². The van der Waals surface area contributed by atoms with E-state index in [9.17, 15) is 19.8 Å². The molecule has 8 aromatic rings. The van der Waals surface area contributed by atoms with E-state index in [0.717, 1.165) is 5.69 Å². The Morgan fingerprint density at radius 3 is 1.84 bits per heavy atom. The topological polar surface area (TPSA) is 274 Å². The first-order valence-corrected chi connectivity index (χ1v) is 21.1. The molecule has 0 aromatic carbocycles. The van der Waals surface area contributed by atoms with E-state index in [4.69, 9.17) is 23.8 Å². The van der Waals surface area contributed by atoms with E-state index in [1.807, 2.05) is 14.0 Å². The van der Waals surface area contributed by atoms with Gasteiger partial charge in [-0.2, -0.15) is 5.10 Å². The van der Waals surface area contributed by atoms with E-state index in [1.54, 1.807) is 108 Å². The number of hydrogen-bond donors (Lipinski definition) is 4. The van der Waals surface area contributed by atoms with Crippen molar-refractivity contribution in [2.24, 2.45) is 7.05 Å². The first kappa shape index (κ1) is 42.5. The van der Waals surface area contributed by atoms with Gasteiger partial charge >= 0.3 is 0 Å². The van der Waals surface area contributed by atoms with E-state index in [1.165, 1.54) is 17.0 Å². The smallest absolute Gasteiger partial charge is 0.263 e. The van der Waals surface area contributed by atoms with Gasteiger partial charge in [0.25, 0.3) is 11.8 Å². The van der Waals surface area contributed by atoms with Gasteiger partial charge in [-0.3, -0.25) is 14.3 Å². The Morgan fingerprint density at radius 2 is 1.28 bits per heavy atom. The first-order valence-electron chi connectivity index (χ1n) is 21.1. The summed E-state index contributed by atoms with van der Waals surface area (Å²) >= 11 is 0. The molecular weight excluding hydrogens is 863 g/mol. The van der Waals surface area contributed by atoms with Gasteiger partial charge in [0.15, 0.2) is 11.5 Å². The predicted octanol–water partition coefficient (Wildman–Crippen LogP) is 4.25. The van der Waals surface area contributed by atoms with Crippen molar-refractivity contribution >= 4 is 35.1 Å². The molecular formula is C45H41N15O7. The van der Waals surface area contributed by atoms with Crippen molar-refractivity contribution in [3.05, 3.63) is 115 Å². The number of amides is 2. The normalized spacial score (nSPS) is 19.3. The van der Waals surface area contributed by atoms with Gasteiger partial charge in [-0.1, -0.05) is 22.4 Å². The highest BCUT2D eigenvalue weighted by Gasteiger charge is 2.53. The summed E-state index contributed by atoms with van der Waals surface area (Å²) in [5.74, 6) is 0.0871. The van der Waals surface area contributed by atoms with Crippen molar-refractivity contribution in [2.75, 3.05) is 37.4 Å². The zero-order valence-electron chi connectivity index (χ0n) is 36.2. The Balaban J connectivity index is 0.740. The largest absolute Gasteiger partial charge is 0.476 e. The summed E-state index contributed by atoms with van der Waals surface area (Å²) in [6.07, 6.45) is 8.54. The highest BCUT2D eigenvalue weighted by molar-refractivity contribution is 5.89. The Hall–Kier alpha value is -8.50. The second-order valence-corrected chi connectivity index (χ2v) is 16.1. The van der Waals surface area contributed by atoms with Crippen LogP contribution in [0.5, 0.6) is 5.88 Å². The van der Waals surface area contributed by atoms with Gasteiger partial charge in [0, 0.05) is 76.3 Å². The lowest BCUT2D eigenvalue weighted by Gasteiger charge is -2.22. The summed E-state index contributed by atoms with van der Waals surface area (Å²) in [6, 6.07) is 20.3. The summed E-state index contributed by atoms with van der Waals surface area (Å²) in [6.45, 7) is 2.53. The van der Waals surface area contributed by atoms with Crippen LogP contribution in [0.4, 0.5) is 23.3 Å². The number of ether oxygens (including phenoxy) is 1. The quantitative estimate of drug-likeness (QED) is 0.119. The number of hydrogen-bond acceptors (Lipinski definition) is 19. The number of aliphatic hydroxyl groups is 2. The van der Waals surface area contributed by atoms with E-state index in [-0.39, 0.29) is 43.6 Å². The van der Waals surface area contributed by atoms with Crippen molar-refractivity contribution in [1.29, 1.82) is 0 Å². The minimum atomic E-state index is -1.94. The third-order valence-corrected chi connectivity index (χ3v) is 11.5. The van der Waals surface area contributed by atoms with Crippen molar-refractivity contribution in [3.8, 4) is 51.4 Å². The Kier molecular flexibility index (Phi) is 10.9. The minimum Gasteiger partial charge on any atom is -0.476 e. The molecule has 22 nitrogen and oxygen atoms in total. The number of aromatic nitrogens is 11. The number of rotatable bonds is 14. The van der Waals surface area contributed by atoms with Gasteiger partial charge in [-0.05, 0) is 49.4 Å². The number of anilines is 4. The Bertz CT molecular complexity index is 3120. The molecule has 10 heterocycles. The summed E-state index contributed by atoms with van der Waals surface area (Å²) in [5.41, 5.74) is 1.43. The molecule has 2 fully saturated rings. The fourth-order valence-corrected chi connectivity index (χ4v) is 7.95. The summed E-state index contributed by atoms with van der Waals surface area (Å²) in [7, 11) is 3.44. The maximum Gasteiger partial charge on any atom is 0.263 e. The third-order valence-electron chi connectivity index (χ3n) is 11.5. The lowest BCUT2D eigenvalue weighted by Crippen LogP contribution is -2.40. The summed E-state index contributed by atoms with van der Waals surface area (Å²) in [5, 5.41) is 41.3. The average Bonchev–Trinajstić information content (AvgIpc) is 4.20. The monoisotopic (exact) mass is 903 g/mol. The van der Waals surface area contributed by atoms with Crippen LogP contribution in [0.15, 0.2) is 113 Å². The molecule has 67 heavy (non-hydrogen) atoms. The fraction of sp³-hybridized carbons (Fsp3) is 0.244. The van der Waals surface area contributed by atoms with Crippen molar-refractivity contribution in [2.45, 2.75) is 37.0 Å². The van der Waals surface area contributed by atoms with Gasteiger partial charge in [-0.15, -0.1) is 0 Å². The molecule has 0 aliphatic carbocycles. The van der Waals surface area contributed by atoms with Crippen molar-refractivity contribution in [1.82, 2.24) is 64.8 Å². The molecule has 2 saturated heterocycles. The van der Waals surface area contributed by atoms with Gasteiger partial charge < -0.3 is 44.4 Å².